The zero-order valence-corrected chi connectivity index (χ0v) is 13.7. The van der Waals surface area contributed by atoms with Gasteiger partial charge in [-0.3, -0.25) is 4.98 Å². The minimum atomic E-state index is 0.144. The van der Waals surface area contributed by atoms with Crippen LogP contribution in [0.4, 0.5) is 5.69 Å². The third-order valence-corrected chi connectivity index (χ3v) is 5.01. The number of hydrogen-bond donors (Lipinski definition) is 1. The van der Waals surface area contributed by atoms with Crippen LogP contribution < -0.4 is 10.2 Å². The first-order chi connectivity index (χ1) is 10.0. The second kappa shape index (κ2) is 5.96. The molecule has 3 rings (SSSR count). The number of aromatic nitrogens is 1. The normalized spacial score (nSPS) is 26.0. The fourth-order valence-corrected chi connectivity index (χ4v) is 3.90. The molecule has 0 amide bonds. The number of nitrogens with zero attached hydrogens (tertiary/aromatic N) is 2. The molecular weight excluding hydrogens is 258 g/mol. The predicted molar refractivity (Wildman–Crippen MR) is 88.5 cm³/mol. The van der Waals surface area contributed by atoms with E-state index in [0.29, 0.717) is 0 Å². The van der Waals surface area contributed by atoms with Crippen molar-refractivity contribution >= 4 is 5.69 Å². The van der Waals surface area contributed by atoms with Gasteiger partial charge in [-0.25, -0.2) is 0 Å². The molecule has 2 atom stereocenters. The Bertz CT molecular complexity index is 478. The van der Waals surface area contributed by atoms with Crippen molar-refractivity contribution in [3.8, 4) is 0 Å². The summed E-state index contributed by atoms with van der Waals surface area (Å²) in [7, 11) is 0. The Morgan fingerprint density at radius 3 is 2.86 bits per heavy atom. The Morgan fingerprint density at radius 1 is 1.24 bits per heavy atom. The van der Waals surface area contributed by atoms with Crippen molar-refractivity contribution in [1.29, 1.82) is 0 Å². The van der Waals surface area contributed by atoms with Crippen molar-refractivity contribution in [2.24, 2.45) is 5.92 Å². The zero-order valence-electron chi connectivity index (χ0n) is 13.7. The molecule has 2 aliphatic rings. The van der Waals surface area contributed by atoms with Crippen LogP contribution in [0.25, 0.3) is 0 Å². The Kier molecular flexibility index (Phi) is 4.21. The van der Waals surface area contributed by atoms with Gasteiger partial charge in [0.1, 0.15) is 0 Å². The monoisotopic (exact) mass is 287 g/mol. The van der Waals surface area contributed by atoms with Gasteiger partial charge in [0.15, 0.2) is 0 Å². The van der Waals surface area contributed by atoms with Crippen LogP contribution in [0.15, 0.2) is 18.5 Å². The van der Waals surface area contributed by atoms with E-state index in [1.54, 1.807) is 0 Å². The van der Waals surface area contributed by atoms with Crippen molar-refractivity contribution < 1.29 is 0 Å². The molecule has 1 saturated heterocycles. The fraction of sp³-hybridized carbons (Fsp3) is 0.722. The largest absolute Gasteiger partial charge is 0.368 e. The van der Waals surface area contributed by atoms with Gasteiger partial charge in [-0.1, -0.05) is 12.8 Å². The minimum Gasteiger partial charge on any atom is -0.368 e. The molecule has 0 radical (unpaired) electrons. The molecule has 2 unspecified atom stereocenters. The van der Waals surface area contributed by atoms with Crippen LogP contribution in [0.5, 0.6) is 0 Å². The summed E-state index contributed by atoms with van der Waals surface area (Å²) in [6, 6.07) is 2.99. The average Bonchev–Trinajstić information content (AvgIpc) is 2.88. The lowest BCUT2D eigenvalue weighted by molar-refractivity contribution is 0.341. The van der Waals surface area contributed by atoms with E-state index in [1.807, 2.05) is 12.4 Å². The SMILES string of the molecule is CC(C)(C)NCc1cnccc1N1CCC2CCCCC21. The molecule has 2 heterocycles. The molecule has 1 saturated carbocycles. The Balaban J connectivity index is 1.78. The Morgan fingerprint density at radius 2 is 2.05 bits per heavy atom. The van der Waals surface area contributed by atoms with Crippen molar-refractivity contribution in [3.63, 3.8) is 0 Å². The second-order valence-electron chi connectivity index (χ2n) is 7.70. The molecule has 0 spiro atoms. The molecule has 1 aliphatic carbocycles. The molecule has 1 aromatic heterocycles. The third kappa shape index (κ3) is 3.39. The number of hydrogen-bond acceptors (Lipinski definition) is 3. The summed E-state index contributed by atoms with van der Waals surface area (Å²) in [5.74, 6) is 0.926. The van der Waals surface area contributed by atoms with E-state index in [9.17, 15) is 0 Å². The molecule has 0 bridgehead atoms. The van der Waals surface area contributed by atoms with Gasteiger partial charge >= 0.3 is 0 Å². The van der Waals surface area contributed by atoms with Gasteiger partial charge in [0, 0.05) is 48.3 Å². The van der Waals surface area contributed by atoms with Gasteiger partial charge < -0.3 is 10.2 Å². The number of pyridine rings is 1. The van der Waals surface area contributed by atoms with Gasteiger partial charge in [0.05, 0.1) is 0 Å². The molecule has 3 heteroatoms. The highest BCUT2D eigenvalue weighted by Crippen LogP contribution is 2.39. The first-order valence-corrected chi connectivity index (χ1v) is 8.49. The highest BCUT2D eigenvalue weighted by Gasteiger charge is 2.36. The highest BCUT2D eigenvalue weighted by molar-refractivity contribution is 5.54. The van der Waals surface area contributed by atoms with E-state index in [1.165, 1.54) is 49.9 Å². The first-order valence-electron chi connectivity index (χ1n) is 8.49. The van der Waals surface area contributed by atoms with E-state index in [2.05, 4.69) is 42.0 Å². The average molecular weight is 287 g/mol. The lowest BCUT2D eigenvalue weighted by Gasteiger charge is -2.34. The molecular formula is C18H29N3. The zero-order chi connectivity index (χ0) is 14.9. The molecule has 1 aromatic rings. The summed E-state index contributed by atoms with van der Waals surface area (Å²) < 4.78 is 0. The summed E-state index contributed by atoms with van der Waals surface area (Å²) in [5, 5.41) is 3.61. The summed E-state index contributed by atoms with van der Waals surface area (Å²) in [6.07, 6.45) is 11.0. The van der Waals surface area contributed by atoms with Gasteiger partial charge in [-0.15, -0.1) is 0 Å². The van der Waals surface area contributed by atoms with E-state index in [0.717, 1.165) is 18.5 Å². The van der Waals surface area contributed by atoms with E-state index in [4.69, 9.17) is 0 Å². The van der Waals surface area contributed by atoms with Crippen molar-refractivity contribution in [3.05, 3.63) is 24.0 Å². The fourth-order valence-electron chi connectivity index (χ4n) is 3.90. The van der Waals surface area contributed by atoms with Gasteiger partial charge in [-0.2, -0.15) is 0 Å². The predicted octanol–water partition coefficient (Wildman–Crippen LogP) is 3.74. The van der Waals surface area contributed by atoms with E-state index in [-0.39, 0.29) is 5.54 Å². The van der Waals surface area contributed by atoms with Gasteiger partial charge in [0.25, 0.3) is 0 Å². The topological polar surface area (TPSA) is 28.2 Å². The molecule has 2 fully saturated rings. The van der Waals surface area contributed by atoms with Crippen molar-refractivity contribution in [2.75, 3.05) is 11.4 Å². The first kappa shape index (κ1) is 14.8. The van der Waals surface area contributed by atoms with Crippen LogP contribution in [-0.4, -0.2) is 23.1 Å². The quantitative estimate of drug-likeness (QED) is 0.918. The molecule has 1 aliphatic heterocycles. The van der Waals surface area contributed by atoms with E-state index < -0.39 is 0 Å². The smallest absolute Gasteiger partial charge is 0.0445 e. The van der Waals surface area contributed by atoms with Crippen LogP contribution in [0.3, 0.4) is 0 Å². The van der Waals surface area contributed by atoms with Crippen LogP contribution in [-0.2, 0) is 6.54 Å². The maximum absolute atomic E-state index is 4.35. The standard InChI is InChI=1S/C18H29N3/c1-18(2,3)20-13-15-12-19-10-8-17(15)21-11-9-14-6-4-5-7-16(14)21/h8,10,12,14,16,20H,4-7,9,11,13H2,1-3H3. The molecule has 0 aromatic carbocycles. The summed E-state index contributed by atoms with van der Waals surface area (Å²) in [4.78, 5) is 7.03. The number of rotatable bonds is 3. The summed E-state index contributed by atoms with van der Waals surface area (Å²) in [5.41, 5.74) is 2.90. The second-order valence-corrected chi connectivity index (χ2v) is 7.70. The van der Waals surface area contributed by atoms with Crippen LogP contribution >= 0.6 is 0 Å². The minimum absolute atomic E-state index is 0.144. The lowest BCUT2D eigenvalue weighted by atomic mass is 9.85. The molecule has 3 nitrogen and oxygen atoms in total. The lowest BCUT2D eigenvalue weighted by Crippen LogP contribution is -2.38. The number of nitrogens with one attached hydrogen (secondary N) is 1. The third-order valence-electron chi connectivity index (χ3n) is 5.01. The van der Waals surface area contributed by atoms with Gasteiger partial charge in [-0.05, 0) is 52.0 Å². The summed E-state index contributed by atoms with van der Waals surface area (Å²) in [6.45, 7) is 8.78. The maximum atomic E-state index is 4.35. The van der Waals surface area contributed by atoms with E-state index >= 15 is 0 Å². The number of anilines is 1. The summed E-state index contributed by atoms with van der Waals surface area (Å²) >= 11 is 0. The molecule has 21 heavy (non-hydrogen) atoms. The Hall–Kier alpha value is -1.09. The van der Waals surface area contributed by atoms with Gasteiger partial charge in [0.2, 0.25) is 0 Å². The molecule has 116 valence electrons. The Labute approximate surface area is 129 Å². The highest BCUT2D eigenvalue weighted by atomic mass is 15.2. The number of fused-ring (bicyclic) bond motifs is 1. The maximum Gasteiger partial charge on any atom is 0.0445 e. The van der Waals surface area contributed by atoms with Crippen LogP contribution in [0.1, 0.15) is 58.4 Å². The van der Waals surface area contributed by atoms with Crippen LogP contribution in [0.2, 0.25) is 0 Å². The van der Waals surface area contributed by atoms with Crippen molar-refractivity contribution in [2.45, 2.75) is 71.0 Å². The van der Waals surface area contributed by atoms with Crippen molar-refractivity contribution in [1.82, 2.24) is 10.3 Å². The molecule has 1 N–H and O–H groups in total. The van der Waals surface area contributed by atoms with Crippen LogP contribution in [0, 0.1) is 5.92 Å².